The second-order valence-corrected chi connectivity index (χ2v) is 5.20. The van der Waals surface area contributed by atoms with E-state index >= 15 is 0 Å². The van der Waals surface area contributed by atoms with Crippen LogP contribution in [0.2, 0.25) is 5.02 Å². The lowest BCUT2D eigenvalue weighted by atomic mass is 10.3. The summed E-state index contributed by atoms with van der Waals surface area (Å²) in [4.78, 5) is 25.1. The summed E-state index contributed by atoms with van der Waals surface area (Å²) in [6.45, 7) is 0.937. The van der Waals surface area contributed by atoms with Crippen molar-refractivity contribution in [1.29, 1.82) is 0 Å². The molecular weight excluding hydrogens is 274 g/mol. The fourth-order valence-corrected chi connectivity index (χ4v) is 2.58. The number of nitrogens with zero attached hydrogens (tertiary/aromatic N) is 1. The van der Waals surface area contributed by atoms with E-state index in [1.54, 1.807) is 18.2 Å². The lowest BCUT2D eigenvalue weighted by molar-refractivity contribution is -0.124. The van der Waals surface area contributed by atoms with Crippen molar-refractivity contribution in [2.45, 2.75) is 4.90 Å². The van der Waals surface area contributed by atoms with Gasteiger partial charge in [0.15, 0.2) is 0 Å². The van der Waals surface area contributed by atoms with E-state index in [-0.39, 0.29) is 17.7 Å². The van der Waals surface area contributed by atoms with Crippen LogP contribution in [0.3, 0.4) is 0 Å². The third-order valence-electron chi connectivity index (χ3n) is 2.48. The number of rotatable bonds is 3. The van der Waals surface area contributed by atoms with Crippen LogP contribution in [0.5, 0.6) is 0 Å². The van der Waals surface area contributed by atoms with Crippen molar-refractivity contribution in [3.63, 3.8) is 0 Å². The van der Waals surface area contributed by atoms with Gasteiger partial charge >= 0.3 is 6.03 Å². The highest BCUT2D eigenvalue weighted by Gasteiger charge is 2.25. The van der Waals surface area contributed by atoms with Gasteiger partial charge in [0.05, 0.1) is 5.75 Å². The van der Waals surface area contributed by atoms with Crippen molar-refractivity contribution in [2.75, 3.05) is 24.6 Å². The molecule has 1 fully saturated rings. The van der Waals surface area contributed by atoms with Crippen LogP contribution in [0.25, 0.3) is 0 Å². The van der Waals surface area contributed by atoms with E-state index in [2.05, 4.69) is 5.32 Å². The zero-order valence-corrected chi connectivity index (χ0v) is 11.1. The summed E-state index contributed by atoms with van der Waals surface area (Å²) in [7, 11) is 0. The molecule has 1 aromatic carbocycles. The van der Waals surface area contributed by atoms with Gasteiger partial charge in [-0.25, -0.2) is 4.79 Å². The summed E-state index contributed by atoms with van der Waals surface area (Å²) in [5, 5.41) is 3.14. The molecule has 0 radical (unpaired) electrons. The molecule has 0 spiro atoms. The molecule has 1 aliphatic rings. The number of nitrogens with one attached hydrogen (secondary N) is 1. The minimum absolute atomic E-state index is 0.180. The lowest BCUT2D eigenvalue weighted by Crippen LogP contribution is -2.35. The molecule has 1 saturated heterocycles. The maximum absolute atomic E-state index is 11.8. The molecule has 2 rings (SSSR count). The largest absolute Gasteiger partial charge is 0.398 e. The minimum Gasteiger partial charge on any atom is -0.398 e. The minimum atomic E-state index is -0.329. The molecule has 18 heavy (non-hydrogen) atoms. The molecule has 0 aliphatic carbocycles. The highest BCUT2D eigenvalue weighted by atomic mass is 35.5. The average Bonchev–Trinajstić information content (AvgIpc) is 2.74. The van der Waals surface area contributed by atoms with Crippen molar-refractivity contribution < 1.29 is 9.59 Å². The van der Waals surface area contributed by atoms with Crippen molar-refractivity contribution in [3.05, 3.63) is 23.2 Å². The number of urea groups is 1. The number of thioether (sulfide) groups is 1. The van der Waals surface area contributed by atoms with E-state index in [9.17, 15) is 9.59 Å². The summed E-state index contributed by atoms with van der Waals surface area (Å²) >= 11 is 7.08. The van der Waals surface area contributed by atoms with Crippen LogP contribution in [-0.4, -0.2) is 35.7 Å². The van der Waals surface area contributed by atoms with E-state index in [1.165, 1.54) is 16.7 Å². The molecule has 3 amide bonds. The van der Waals surface area contributed by atoms with Crippen molar-refractivity contribution in [2.24, 2.45) is 0 Å². The fraction of sp³-hybridized carbons (Fsp3) is 0.273. The summed E-state index contributed by atoms with van der Waals surface area (Å²) < 4.78 is 0. The van der Waals surface area contributed by atoms with E-state index < -0.39 is 0 Å². The third-order valence-corrected chi connectivity index (χ3v) is 3.79. The normalized spacial score (nSPS) is 14.7. The standard InChI is InChI=1S/C11H12ClN3O2S/c12-7-1-2-9(8(13)5-7)18-6-10(16)15-4-3-14-11(15)17/h1-2,5H,3-4,6,13H2,(H,14,17). The molecule has 96 valence electrons. The first-order chi connectivity index (χ1) is 8.58. The summed E-state index contributed by atoms with van der Waals surface area (Å²) in [6.07, 6.45) is 0. The van der Waals surface area contributed by atoms with Gasteiger partial charge < -0.3 is 11.1 Å². The Kier molecular flexibility index (Phi) is 3.98. The van der Waals surface area contributed by atoms with Gasteiger partial charge in [0.25, 0.3) is 0 Å². The predicted octanol–water partition coefficient (Wildman–Crippen LogP) is 1.57. The number of anilines is 1. The Balaban J connectivity index is 1.95. The SMILES string of the molecule is Nc1cc(Cl)ccc1SCC(=O)N1CCNC1=O. The highest BCUT2D eigenvalue weighted by molar-refractivity contribution is 8.00. The van der Waals surface area contributed by atoms with Gasteiger partial charge in [0, 0.05) is 28.7 Å². The number of amides is 3. The molecule has 0 bridgehead atoms. The molecule has 7 heteroatoms. The van der Waals surface area contributed by atoms with Crippen LogP contribution in [-0.2, 0) is 4.79 Å². The molecule has 3 N–H and O–H groups in total. The zero-order chi connectivity index (χ0) is 13.1. The Bertz CT molecular complexity index is 495. The van der Waals surface area contributed by atoms with Gasteiger partial charge in [-0.15, -0.1) is 11.8 Å². The predicted molar refractivity (Wildman–Crippen MR) is 71.7 cm³/mol. The van der Waals surface area contributed by atoms with Crippen molar-refractivity contribution in [1.82, 2.24) is 10.2 Å². The molecule has 1 heterocycles. The highest BCUT2D eigenvalue weighted by Crippen LogP contribution is 2.27. The number of hydrogen-bond acceptors (Lipinski definition) is 4. The molecule has 0 unspecified atom stereocenters. The van der Waals surface area contributed by atoms with Gasteiger partial charge in [-0.3, -0.25) is 9.69 Å². The molecule has 0 atom stereocenters. The first-order valence-corrected chi connectivity index (χ1v) is 6.70. The first-order valence-electron chi connectivity index (χ1n) is 5.34. The van der Waals surface area contributed by atoms with Crippen LogP contribution in [0.15, 0.2) is 23.1 Å². The smallest absolute Gasteiger partial charge is 0.324 e. The van der Waals surface area contributed by atoms with Crippen LogP contribution < -0.4 is 11.1 Å². The Morgan fingerprint density at radius 2 is 2.33 bits per heavy atom. The monoisotopic (exact) mass is 285 g/mol. The van der Waals surface area contributed by atoms with E-state index in [0.29, 0.717) is 23.8 Å². The third kappa shape index (κ3) is 2.88. The van der Waals surface area contributed by atoms with Gasteiger partial charge in [0.2, 0.25) is 5.91 Å². The Morgan fingerprint density at radius 1 is 1.56 bits per heavy atom. The maximum atomic E-state index is 11.8. The maximum Gasteiger partial charge on any atom is 0.324 e. The first kappa shape index (κ1) is 13.0. The van der Waals surface area contributed by atoms with Gasteiger partial charge in [-0.2, -0.15) is 0 Å². The topological polar surface area (TPSA) is 75.4 Å². The summed E-state index contributed by atoms with van der Waals surface area (Å²) in [5.74, 6) is -0.0384. The molecular formula is C11H12ClN3O2S. The number of imide groups is 1. The van der Waals surface area contributed by atoms with Gasteiger partial charge in [-0.05, 0) is 18.2 Å². The quantitative estimate of drug-likeness (QED) is 0.653. The molecule has 1 aliphatic heterocycles. The van der Waals surface area contributed by atoms with Gasteiger partial charge in [0.1, 0.15) is 0 Å². The Hall–Kier alpha value is -1.40. The van der Waals surface area contributed by atoms with Crippen molar-refractivity contribution in [3.8, 4) is 0 Å². The lowest BCUT2D eigenvalue weighted by Gasteiger charge is -2.12. The number of hydrogen-bond donors (Lipinski definition) is 2. The van der Waals surface area contributed by atoms with Crippen molar-refractivity contribution >= 4 is 41.0 Å². The molecule has 0 saturated carbocycles. The number of halogens is 1. The Labute approximate surface area is 114 Å². The zero-order valence-electron chi connectivity index (χ0n) is 9.48. The fourth-order valence-electron chi connectivity index (χ4n) is 1.58. The van der Waals surface area contributed by atoms with E-state index in [4.69, 9.17) is 17.3 Å². The second kappa shape index (κ2) is 5.49. The molecule has 0 aromatic heterocycles. The van der Waals surface area contributed by atoms with Crippen LogP contribution >= 0.6 is 23.4 Å². The number of nitrogens with two attached hydrogens (primary N) is 1. The van der Waals surface area contributed by atoms with Crippen LogP contribution in [0.4, 0.5) is 10.5 Å². The second-order valence-electron chi connectivity index (χ2n) is 3.75. The summed E-state index contributed by atoms with van der Waals surface area (Å²) in [5.41, 5.74) is 6.31. The summed E-state index contributed by atoms with van der Waals surface area (Å²) in [6, 6.07) is 4.79. The van der Waals surface area contributed by atoms with Crippen LogP contribution in [0, 0.1) is 0 Å². The molecule has 1 aromatic rings. The number of carbonyl (C=O) groups excluding carboxylic acids is 2. The van der Waals surface area contributed by atoms with E-state index in [1.807, 2.05) is 0 Å². The Morgan fingerprint density at radius 3 is 2.94 bits per heavy atom. The number of benzene rings is 1. The molecule has 5 nitrogen and oxygen atoms in total. The number of nitrogen functional groups attached to an aromatic ring is 1. The van der Waals surface area contributed by atoms with Gasteiger partial charge in [-0.1, -0.05) is 11.6 Å². The number of carbonyl (C=O) groups is 2. The van der Waals surface area contributed by atoms with Crippen LogP contribution in [0.1, 0.15) is 0 Å². The average molecular weight is 286 g/mol. The van der Waals surface area contributed by atoms with E-state index in [0.717, 1.165) is 4.90 Å².